The molecule has 2 rings (SSSR count). The van der Waals surface area contributed by atoms with Crippen LogP contribution in [0.2, 0.25) is 5.02 Å². The molecular formula is C18H14ClF3N2O2. The molecule has 0 aliphatic carbocycles. The summed E-state index contributed by atoms with van der Waals surface area (Å²) in [6, 6.07) is 9.76. The van der Waals surface area contributed by atoms with Crippen molar-refractivity contribution in [2.24, 2.45) is 0 Å². The van der Waals surface area contributed by atoms with Gasteiger partial charge in [-0.3, -0.25) is 9.59 Å². The van der Waals surface area contributed by atoms with Gasteiger partial charge in [0.15, 0.2) is 0 Å². The molecule has 2 aromatic rings. The van der Waals surface area contributed by atoms with E-state index in [1.54, 1.807) is 24.3 Å². The molecule has 0 bridgehead atoms. The first-order valence-corrected chi connectivity index (χ1v) is 7.76. The lowest BCUT2D eigenvalue weighted by atomic mass is 10.1. The Balaban J connectivity index is 2.04. The number of halogens is 4. The number of amides is 2. The van der Waals surface area contributed by atoms with Crippen LogP contribution in [0.1, 0.15) is 18.1 Å². The van der Waals surface area contributed by atoms with Gasteiger partial charge in [-0.05, 0) is 48.0 Å². The predicted molar refractivity (Wildman–Crippen MR) is 94.9 cm³/mol. The van der Waals surface area contributed by atoms with Gasteiger partial charge in [-0.1, -0.05) is 17.7 Å². The third-order valence-electron chi connectivity index (χ3n) is 3.20. The minimum atomic E-state index is -4.57. The van der Waals surface area contributed by atoms with Gasteiger partial charge >= 0.3 is 6.18 Å². The highest BCUT2D eigenvalue weighted by atomic mass is 35.5. The summed E-state index contributed by atoms with van der Waals surface area (Å²) in [5, 5.41) is 4.74. The van der Waals surface area contributed by atoms with Gasteiger partial charge in [-0.15, -0.1) is 0 Å². The van der Waals surface area contributed by atoms with E-state index in [-0.39, 0.29) is 11.5 Å². The maximum Gasteiger partial charge on any atom is 0.417 e. The zero-order valence-electron chi connectivity index (χ0n) is 13.5. The van der Waals surface area contributed by atoms with Crippen molar-refractivity contribution in [3.05, 3.63) is 64.7 Å². The Hall–Kier alpha value is -2.80. The fourth-order valence-corrected chi connectivity index (χ4v) is 2.28. The summed E-state index contributed by atoms with van der Waals surface area (Å²) < 4.78 is 38.4. The van der Waals surface area contributed by atoms with Gasteiger partial charge in [0.2, 0.25) is 11.8 Å². The molecule has 4 nitrogen and oxygen atoms in total. The van der Waals surface area contributed by atoms with Gasteiger partial charge in [0.25, 0.3) is 0 Å². The van der Waals surface area contributed by atoms with E-state index in [0.717, 1.165) is 18.2 Å². The number of hydrogen-bond donors (Lipinski definition) is 2. The van der Waals surface area contributed by atoms with Crippen LogP contribution >= 0.6 is 11.6 Å². The van der Waals surface area contributed by atoms with Crippen LogP contribution < -0.4 is 10.6 Å². The van der Waals surface area contributed by atoms with Gasteiger partial charge in [0, 0.05) is 24.4 Å². The number of carbonyl (C=O) groups excluding carboxylic acids is 2. The molecule has 26 heavy (non-hydrogen) atoms. The van der Waals surface area contributed by atoms with Gasteiger partial charge in [0.1, 0.15) is 0 Å². The van der Waals surface area contributed by atoms with E-state index in [9.17, 15) is 22.8 Å². The summed E-state index contributed by atoms with van der Waals surface area (Å²) in [6.07, 6.45) is -2.20. The SMILES string of the molecule is CC(=O)Nc1ccc(NC(=O)/C=C/c2ccc(Cl)c(C(F)(F)F)c2)cc1. The summed E-state index contributed by atoms with van der Waals surface area (Å²) in [4.78, 5) is 22.8. The topological polar surface area (TPSA) is 58.2 Å². The maximum absolute atomic E-state index is 12.8. The molecule has 0 unspecified atom stereocenters. The lowest BCUT2D eigenvalue weighted by Crippen LogP contribution is -2.09. The molecule has 0 saturated heterocycles. The zero-order chi connectivity index (χ0) is 19.3. The van der Waals surface area contributed by atoms with Crippen molar-refractivity contribution in [3.8, 4) is 0 Å². The van der Waals surface area contributed by atoms with E-state index in [1.165, 1.54) is 19.1 Å². The molecule has 0 radical (unpaired) electrons. The standard InChI is InChI=1S/C18H14ClF3N2O2/c1-11(25)23-13-4-6-14(7-5-13)24-17(26)9-3-12-2-8-16(19)15(10-12)18(20,21)22/h2-10H,1H3,(H,23,25)(H,24,26)/b9-3+. The Morgan fingerprint density at radius 1 is 1.00 bits per heavy atom. The molecule has 0 atom stereocenters. The quantitative estimate of drug-likeness (QED) is 0.733. The lowest BCUT2D eigenvalue weighted by molar-refractivity contribution is -0.137. The maximum atomic E-state index is 12.8. The largest absolute Gasteiger partial charge is 0.417 e. The van der Waals surface area contributed by atoms with Crippen molar-refractivity contribution in [3.63, 3.8) is 0 Å². The second kappa shape index (κ2) is 8.05. The Morgan fingerprint density at radius 3 is 2.12 bits per heavy atom. The fraction of sp³-hybridized carbons (Fsp3) is 0.111. The smallest absolute Gasteiger partial charge is 0.326 e. The van der Waals surface area contributed by atoms with Gasteiger partial charge in [0.05, 0.1) is 10.6 Å². The molecule has 0 saturated carbocycles. The number of alkyl halides is 3. The summed E-state index contributed by atoms with van der Waals surface area (Å²) in [5.74, 6) is -0.730. The van der Waals surface area contributed by atoms with E-state index in [4.69, 9.17) is 11.6 Å². The Bertz CT molecular complexity index is 847. The van der Waals surface area contributed by atoms with E-state index in [0.29, 0.717) is 11.4 Å². The molecule has 0 aliphatic heterocycles. The molecule has 136 valence electrons. The molecule has 8 heteroatoms. The number of rotatable bonds is 4. The van der Waals surface area contributed by atoms with Crippen molar-refractivity contribution in [2.45, 2.75) is 13.1 Å². The minimum absolute atomic E-state index is 0.192. The van der Waals surface area contributed by atoms with Crippen molar-refractivity contribution < 1.29 is 22.8 Å². The van der Waals surface area contributed by atoms with Crippen LogP contribution in [0.3, 0.4) is 0 Å². The number of anilines is 2. The number of benzene rings is 2. The Labute approximate surface area is 152 Å². The molecule has 2 amide bonds. The third-order valence-corrected chi connectivity index (χ3v) is 3.53. The third kappa shape index (κ3) is 5.63. The Morgan fingerprint density at radius 2 is 1.58 bits per heavy atom. The molecule has 0 fully saturated rings. The molecule has 0 aliphatic rings. The molecular weight excluding hydrogens is 369 g/mol. The van der Waals surface area contributed by atoms with Crippen molar-refractivity contribution in [1.29, 1.82) is 0 Å². The first kappa shape index (κ1) is 19.5. The van der Waals surface area contributed by atoms with Gasteiger partial charge < -0.3 is 10.6 Å². The normalized spacial score (nSPS) is 11.4. The average molecular weight is 383 g/mol. The molecule has 0 aromatic heterocycles. The highest BCUT2D eigenvalue weighted by molar-refractivity contribution is 6.31. The van der Waals surface area contributed by atoms with Crippen molar-refractivity contribution in [2.75, 3.05) is 10.6 Å². The number of carbonyl (C=O) groups is 2. The van der Waals surface area contributed by atoms with Crippen LogP contribution in [-0.2, 0) is 15.8 Å². The van der Waals surface area contributed by atoms with Crippen molar-refractivity contribution >= 4 is 40.9 Å². The summed E-state index contributed by atoms with van der Waals surface area (Å²) >= 11 is 5.55. The van der Waals surface area contributed by atoms with Gasteiger partial charge in [-0.25, -0.2) is 0 Å². The van der Waals surface area contributed by atoms with E-state index in [1.807, 2.05) is 0 Å². The van der Waals surface area contributed by atoms with Crippen LogP contribution in [0.5, 0.6) is 0 Å². The van der Waals surface area contributed by atoms with Crippen LogP contribution in [0.25, 0.3) is 6.08 Å². The monoisotopic (exact) mass is 382 g/mol. The minimum Gasteiger partial charge on any atom is -0.326 e. The lowest BCUT2D eigenvalue weighted by Gasteiger charge is -2.09. The van der Waals surface area contributed by atoms with E-state index >= 15 is 0 Å². The molecule has 2 N–H and O–H groups in total. The summed E-state index contributed by atoms with van der Waals surface area (Å²) in [5.41, 5.74) is 0.279. The van der Waals surface area contributed by atoms with Crippen LogP contribution in [0.15, 0.2) is 48.5 Å². The highest BCUT2D eigenvalue weighted by Crippen LogP contribution is 2.35. The molecule has 0 heterocycles. The second-order valence-electron chi connectivity index (χ2n) is 5.32. The summed E-state index contributed by atoms with van der Waals surface area (Å²) in [7, 11) is 0. The van der Waals surface area contributed by atoms with E-state index in [2.05, 4.69) is 10.6 Å². The highest BCUT2D eigenvalue weighted by Gasteiger charge is 2.33. The van der Waals surface area contributed by atoms with E-state index < -0.39 is 22.7 Å². The van der Waals surface area contributed by atoms with Crippen LogP contribution in [0, 0.1) is 0 Å². The van der Waals surface area contributed by atoms with Crippen LogP contribution in [0.4, 0.5) is 24.5 Å². The fourth-order valence-electron chi connectivity index (χ4n) is 2.06. The predicted octanol–water partition coefficient (Wildman–Crippen LogP) is 4.97. The van der Waals surface area contributed by atoms with Gasteiger partial charge in [-0.2, -0.15) is 13.2 Å². The second-order valence-corrected chi connectivity index (χ2v) is 5.73. The number of hydrogen-bond acceptors (Lipinski definition) is 2. The molecule has 0 spiro atoms. The first-order valence-electron chi connectivity index (χ1n) is 7.38. The average Bonchev–Trinajstić information content (AvgIpc) is 2.54. The zero-order valence-corrected chi connectivity index (χ0v) is 14.3. The number of nitrogens with one attached hydrogen (secondary N) is 2. The summed E-state index contributed by atoms with van der Waals surface area (Å²) in [6.45, 7) is 1.38. The Kier molecular flexibility index (Phi) is 6.05. The van der Waals surface area contributed by atoms with Crippen LogP contribution in [-0.4, -0.2) is 11.8 Å². The first-order chi connectivity index (χ1) is 12.1. The molecule has 2 aromatic carbocycles. The van der Waals surface area contributed by atoms with Crippen molar-refractivity contribution in [1.82, 2.24) is 0 Å².